The Labute approximate surface area is 168 Å². The van der Waals surface area contributed by atoms with E-state index in [1.807, 2.05) is 6.92 Å². The second kappa shape index (κ2) is 10.3. The van der Waals surface area contributed by atoms with Gasteiger partial charge in [-0.25, -0.2) is 0 Å². The standard InChI is InChI=1S/C22H31N3OS/c1-5-25(15-18-9-7-6-8-10-18)11-12-26-21-13-17(4)20(24-22(23)27)14-19(21)16(2)3/h6-10,13-14,16H,5,11-12,15H2,1-4H3,(H3,23,24,27). The van der Waals surface area contributed by atoms with E-state index in [1.165, 1.54) is 5.56 Å². The van der Waals surface area contributed by atoms with Crippen LogP contribution in [0.2, 0.25) is 0 Å². The molecule has 0 fully saturated rings. The molecule has 3 N–H and O–H groups in total. The van der Waals surface area contributed by atoms with Gasteiger partial charge < -0.3 is 15.8 Å². The molecule has 0 aromatic heterocycles. The van der Waals surface area contributed by atoms with E-state index in [9.17, 15) is 0 Å². The molecule has 0 unspecified atom stereocenters. The van der Waals surface area contributed by atoms with E-state index in [0.717, 1.165) is 42.2 Å². The molecule has 0 radical (unpaired) electrons. The third kappa shape index (κ3) is 6.52. The van der Waals surface area contributed by atoms with E-state index in [1.54, 1.807) is 0 Å². The van der Waals surface area contributed by atoms with Crippen molar-refractivity contribution < 1.29 is 4.74 Å². The number of aryl methyl sites for hydroxylation is 1. The highest BCUT2D eigenvalue weighted by Crippen LogP contribution is 2.32. The fraction of sp³-hybridized carbons (Fsp3) is 0.409. The average Bonchev–Trinajstić information content (AvgIpc) is 2.63. The summed E-state index contributed by atoms with van der Waals surface area (Å²) in [6.45, 7) is 12.0. The maximum atomic E-state index is 6.18. The molecule has 2 aromatic rings. The third-order valence-corrected chi connectivity index (χ3v) is 4.70. The molecule has 2 rings (SSSR count). The van der Waals surface area contributed by atoms with E-state index in [0.29, 0.717) is 12.5 Å². The fourth-order valence-corrected chi connectivity index (χ4v) is 3.13. The van der Waals surface area contributed by atoms with Gasteiger partial charge in [-0.15, -0.1) is 0 Å². The second-order valence-corrected chi connectivity index (χ2v) is 7.49. The average molecular weight is 386 g/mol. The monoisotopic (exact) mass is 385 g/mol. The molecule has 0 heterocycles. The number of nitrogens with two attached hydrogens (primary N) is 1. The molecule has 0 spiro atoms. The van der Waals surface area contributed by atoms with Crippen molar-refractivity contribution in [3.8, 4) is 5.75 Å². The topological polar surface area (TPSA) is 50.5 Å². The summed E-state index contributed by atoms with van der Waals surface area (Å²) in [5.74, 6) is 1.28. The number of nitrogens with one attached hydrogen (secondary N) is 1. The first-order valence-electron chi connectivity index (χ1n) is 9.50. The summed E-state index contributed by atoms with van der Waals surface area (Å²) in [5, 5.41) is 3.33. The molecule has 0 aliphatic heterocycles. The minimum Gasteiger partial charge on any atom is -0.492 e. The Morgan fingerprint density at radius 1 is 1.22 bits per heavy atom. The van der Waals surface area contributed by atoms with Crippen molar-refractivity contribution in [2.75, 3.05) is 25.0 Å². The summed E-state index contributed by atoms with van der Waals surface area (Å²) in [5.41, 5.74) is 10.1. The number of hydrogen-bond donors (Lipinski definition) is 2. The molecule has 0 aliphatic carbocycles. The van der Waals surface area contributed by atoms with Crippen molar-refractivity contribution in [3.05, 3.63) is 59.2 Å². The Morgan fingerprint density at radius 3 is 2.52 bits per heavy atom. The van der Waals surface area contributed by atoms with Crippen molar-refractivity contribution >= 4 is 23.0 Å². The molecular weight excluding hydrogens is 354 g/mol. The van der Waals surface area contributed by atoms with Crippen LogP contribution in [0.25, 0.3) is 0 Å². The Hall–Kier alpha value is -2.11. The first-order chi connectivity index (χ1) is 12.9. The van der Waals surface area contributed by atoms with Gasteiger partial charge in [-0.05, 0) is 60.4 Å². The molecule has 146 valence electrons. The zero-order chi connectivity index (χ0) is 19.8. The van der Waals surface area contributed by atoms with Crippen LogP contribution in [-0.4, -0.2) is 29.7 Å². The first-order valence-corrected chi connectivity index (χ1v) is 9.91. The Bertz CT molecular complexity index is 747. The van der Waals surface area contributed by atoms with Crippen LogP contribution >= 0.6 is 12.2 Å². The number of nitrogens with zero attached hydrogens (tertiary/aromatic N) is 1. The van der Waals surface area contributed by atoms with E-state index in [4.69, 9.17) is 22.7 Å². The highest BCUT2D eigenvalue weighted by atomic mass is 32.1. The van der Waals surface area contributed by atoms with Crippen LogP contribution < -0.4 is 15.8 Å². The number of thiocarbonyl (C=S) groups is 1. The van der Waals surface area contributed by atoms with Gasteiger partial charge in [-0.3, -0.25) is 4.90 Å². The second-order valence-electron chi connectivity index (χ2n) is 7.05. The molecule has 0 saturated heterocycles. The zero-order valence-corrected chi connectivity index (χ0v) is 17.6. The van der Waals surface area contributed by atoms with Gasteiger partial charge in [0.25, 0.3) is 0 Å². The van der Waals surface area contributed by atoms with Crippen LogP contribution in [0.1, 0.15) is 43.4 Å². The van der Waals surface area contributed by atoms with E-state index < -0.39 is 0 Å². The zero-order valence-electron chi connectivity index (χ0n) is 16.8. The summed E-state index contributed by atoms with van der Waals surface area (Å²) in [6, 6.07) is 14.7. The molecule has 0 saturated carbocycles. The lowest BCUT2D eigenvalue weighted by molar-refractivity contribution is 0.208. The lowest BCUT2D eigenvalue weighted by Crippen LogP contribution is -2.28. The lowest BCUT2D eigenvalue weighted by atomic mass is 9.99. The molecule has 2 aromatic carbocycles. The summed E-state index contributed by atoms with van der Waals surface area (Å²) in [6.07, 6.45) is 0. The molecular formula is C22H31N3OS. The number of ether oxygens (including phenoxy) is 1. The Morgan fingerprint density at radius 2 is 1.93 bits per heavy atom. The number of benzene rings is 2. The van der Waals surface area contributed by atoms with Crippen molar-refractivity contribution in [1.29, 1.82) is 0 Å². The highest BCUT2D eigenvalue weighted by molar-refractivity contribution is 7.80. The van der Waals surface area contributed by atoms with Crippen molar-refractivity contribution in [1.82, 2.24) is 4.90 Å². The minimum atomic E-state index is 0.279. The predicted octanol–water partition coefficient (Wildman–Crippen LogP) is 4.67. The van der Waals surface area contributed by atoms with Gasteiger partial charge in [0.05, 0.1) is 0 Å². The van der Waals surface area contributed by atoms with Gasteiger partial charge in [-0.2, -0.15) is 0 Å². The van der Waals surface area contributed by atoms with Gasteiger partial charge in [0, 0.05) is 18.8 Å². The van der Waals surface area contributed by atoms with Gasteiger partial charge in [0.2, 0.25) is 0 Å². The van der Waals surface area contributed by atoms with E-state index in [-0.39, 0.29) is 5.11 Å². The van der Waals surface area contributed by atoms with E-state index in [2.05, 4.69) is 73.5 Å². The lowest BCUT2D eigenvalue weighted by Gasteiger charge is -2.22. The number of anilines is 1. The minimum absolute atomic E-state index is 0.279. The summed E-state index contributed by atoms with van der Waals surface area (Å²) < 4.78 is 6.18. The number of hydrogen-bond acceptors (Lipinski definition) is 3. The third-order valence-electron chi connectivity index (χ3n) is 4.60. The highest BCUT2D eigenvalue weighted by Gasteiger charge is 2.13. The van der Waals surface area contributed by atoms with Gasteiger partial charge >= 0.3 is 0 Å². The normalized spacial score (nSPS) is 11.0. The molecule has 4 nitrogen and oxygen atoms in total. The van der Waals surface area contributed by atoms with Crippen LogP contribution in [0, 0.1) is 6.92 Å². The fourth-order valence-electron chi connectivity index (χ4n) is 3.02. The largest absolute Gasteiger partial charge is 0.492 e. The molecule has 0 bridgehead atoms. The smallest absolute Gasteiger partial charge is 0.168 e. The maximum absolute atomic E-state index is 6.18. The van der Waals surface area contributed by atoms with Gasteiger partial charge in [0.1, 0.15) is 12.4 Å². The molecule has 0 aliphatic rings. The molecule has 0 amide bonds. The molecule has 5 heteroatoms. The molecule has 27 heavy (non-hydrogen) atoms. The van der Waals surface area contributed by atoms with Crippen LogP contribution in [0.4, 0.5) is 5.69 Å². The summed E-state index contributed by atoms with van der Waals surface area (Å²) in [7, 11) is 0. The van der Waals surface area contributed by atoms with Crippen molar-refractivity contribution in [2.24, 2.45) is 5.73 Å². The SMILES string of the molecule is CCN(CCOc1cc(C)c(NC(N)=S)cc1C(C)C)Cc1ccccc1. The summed E-state index contributed by atoms with van der Waals surface area (Å²) in [4.78, 5) is 2.39. The van der Waals surface area contributed by atoms with Crippen LogP contribution in [0.15, 0.2) is 42.5 Å². The van der Waals surface area contributed by atoms with E-state index >= 15 is 0 Å². The Kier molecular flexibility index (Phi) is 8.07. The van der Waals surface area contributed by atoms with Crippen molar-refractivity contribution in [2.45, 2.75) is 40.2 Å². The quantitative estimate of drug-likeness (QED) is 0.614. The maximum Gasteiger partial charge on any atom is 0.168 e. The van der Waals surface area contributed by atoms with Gasteiger partial charge in [0.15, 0.2) is 5.11 Å². The molecule has 0 atom stereocenters. The van der Waals surface area contributed by atoms with Crippen LogP contribution in [0.3, 0.4) is 0 Å². The Balaban J connectivity index is 2.03. The first kappa shape index (κ1) is 21.2. The van der Waals surface area contributed by atoms with Crippen molar-refractivity contribution in [3.63, 3.8) is 0 Å². The summed E-state index contributed by atoms with van der Waals surface area (Å²) >= 11 is 4.97. The van der Waals surface area contributed by atoms with Crippen LogP contribution in [-0.2, 0) is 6.54 Å². The number of likely N-dealkylation sites (N-methyl/N-ethyl adjacent to an activating group) is 1. The van der Waals surface area contributed by atoms with Gasteiger partial charge in [-0.1, -0.05) is 51.1 Å². The number of rotatable bonds is 9. The predicted molar refractivity (Wildman–Crippen MR) is 119 cm³/mol. The van der Waals surface area contributed by atoms with Crippen LogP contribution in [0.5, 0.6) is 5.75 Å².